The van der Waals surface area contributed by atoms with E-state index in [-0.39, 0.29) is 0 Å². The molecule has 0 bridgehead atoms. The van der Waals surface area contributed by atoms with Gasteiger partial charge in [-0.1, -0.05) is 6.42 Å². The molecule has 0 aromatic carbocycles. The highest BCUT2D eigenvalue weighted by atomic mass is 15.0. The van der Waals surface area contributed by atoms with Gasteiger partial charge >= 0.3 is 0 Å². The van der Waals surface area contributed by atoms with E-state index in [0.717, 1.165) is 24.9 Å². The SMILES string of the molecule is C1CCC(C2CNCCNC2)CNC1. The second-order valence-electron chi connectivity index (χ2n) is 4.63. The third-order valence-electron chi connectivity index (χ3n) is 3.54. The van der Waals surface area contributed by atoms with E-state index in [1.807, 2.05) is 0 Å². The Labute approximate surface area is 87.0 Å². The Kier molecular flexibility index (Phi) is 4.22. The summed E-state index contributed by atoms with van der Waals surface area (Å²) in [4.78, 5) is 0. The van der Waals surface area contributed by atoms with E-state index >= 15 is 0 Å². The molecule has 0 aromatic rings. The van der Waals surface area contributed by atoms with Gasteiger partial charge in [-0.2, -0.15) is 0 Å². The fraction of sp³-hybridized carbons (Fsp3) is 1.00. The molecule has 2 aliphatic heterocycles. The predicted octanol–water partition coefficient (Wildman–Crippen LogP) is 0.185. The van der Waals surface area contributed by atoms with Gasteiger partial charge in [-0.15, -0.1) is 0 Å². The highest BCUT2D eigenvalue weighted by Gasteiger charge is 2.22. The molecular weight excluding hydrogens is 174 g/mol. The first-order valence-electron chi connectivity index (χ1n) is 6.09. The van der Waals surface area contributed by atoms with Crippen LogP contribution in [-0.4, -0.2) is 39.3 Å². The van der Waals surface area contributed by atoms with Crippen LogP contribution in [-0.2, 0) is 0 Å². The lowest BCUT2D eigenvalue weighted by Gasteiger charge is -2.24. The van der Waals surface area contributed by atoms with Crippen LogP contribution in [0.2, 0.25) is 0 Å². The average Bonchev–Trinajstić information content (AvgIpc) is 2.62. The highest BCUT2D eigenvalue weighted by Crippen LogP contribution is 2.20. The van der Waals surface area contributed by atoms with Crippen molar-refractivity contribution >= 4 is 0 Å². The van der Waals surface area contributed by atoms with Crippen molar-refractivity contribution in [2.45, 2.75) is 19.3 Å². The van der Waals surface area contributed by atoms with Crippen molar-refractivity contribution in [3.05, 3.63) is 0 Å². The van der Waals surface area contributed by atoms with Crippen molar-refractivity contribution in [1.29, 1.82) is 0 Å². The molecule has 3 nitrogen and oxygen atoms in total. The summed E-state index contributed by atoms with van der Waals surface area (Å²) < 4.78 is 0. The largest absolute Gasteiger partial charge is 0.316 e. The van der Waals surface area contributed by atoms with Gasteiger partial charge in [0.25, 0.3) is 0 Å². The molecule has 0 amide bonds. The smallest absolute Gasteiger partial charge is 0.00768 e. The van der Waals surface area contributed by atoms with E-state index < -0.39 is 0 Å². The van der Waals surface area contributed by atoms with Gasteiger partial charge in [0.05, 0.1) is 0 Å². The molecule has 2 heterocycles. The highest BCUT2D eigenvalue weighted by molar-refractivity contribution is 4.80. The zero-order valence-corrected chi connectivity index (χ0v) is 9.02. The molecule has 2 fully saturated rings. The summed E-state index contributed by atoms with van der Waals surface area (Å²) in [7, 11) is 0. The van der Waals surface area contributed by atoms with E-state index in [1.165, 1.54) is 45.4 Å². The molecule has 2 aliphatic rings. The van der Waals surface area contributed by atoms with Gasteiger partial charge < -0.3 is 16.0 Å². The first kappa shape index (κ1) is 10.4. The monoisotopic (exact) mass is 197 g/mol. The van der Waals surface area contributed by atoms with E-state index in [0.29, 0.717) is 0 Å². The molecule has 14 heavy (non-hydrogen) atoms. The molecule has 2 rings (SSSR count). The van der Waals surface area contributed by atoms with Crippen molar-refractivity contribution in [3.8, 4) is 0 Å². The van der Waals surface area contributed by atoms with Crippen LogP contribution in [0.15, 0.2) is 0 Å². The van der Waals surface area contributed by atoms with Crippen molar-refractivity contribution < 1.29 is 0 Å². The van der Waals surface area contributed by atoms with Crippen LogP contribution in [0.3, 0.4) is 0 Å². The van der Waals surface area contributed by atoms with Gasteiger partial charge in [0, 0.05) is 13.1 Å². The summed E-state index contributed by atoms with van der Waals surface area (Å²) in [6.07, 6.45) is 4.19. The standard InChI is InChI=1S/C11H23N3/c1-2-4-12-7-10(3-1)11-8-13-5-6-14-9-11/h10-14H,1-9H2. The van der Waals surface area contributed by atoms with Gasteiger partial charge in [0.15, 0.2) is 0 Å². The number of nitrogens with one attached hydrogen (secondary N) is 3. The van der Waals surface area contributed by atoms with Gasteiger partial charge in [-0.05, 0) is 50.9 Å². The van der Waals surface area contributed by atoms with Crippen LogP contribution in [0.1, 0.15) is 19.3 Å². The minimum absolute atomic E-state index is 0.836. The molecular formula is C11H23N3. The van der Waals surface area contributed by atoms with E-state index in [9.17, 15) is 0 Å². The molecule has 3 heteroatoms. The second-order valence-corrected chi connectivity index (χ2v) is 4.63. The Bertz CT molecular complexity index is 127. The van der Waals surface area contributed by atoms with Crippen LogP contribution in [0, 0.1) is 11.8 Å². The maximum absolute atomic E-state index is 3.56. The molecule has 2 saturated heterocycles. The summed E-state index contributed by atoms with van der Waals surface area (Å²) in [6.45, 7) is 7.14. The Morgan fingerprint density at radius 3 is 2.07 bits per heavy atom. The topological polar surface area (TPSA) is 36.1 Å². The fourth-order valence-electron chi connectivity index (χ4n) is 2.61. The number of rotatable bonds is 1. The molecule has 82 valence electrons. The normalized spacial score (nSPS) is 32.1. The summed E-state index contributed by atoms with van der Waals surface area (Å²) >= 11 is 0. The Morgan fingerprint density at radius 1 is 0.643 bits per heavy atom. The second kappa shape index (κ2) is 5.69. The van der Waals surface area contributed by atoms with E-state index in [2.05, 4.69) is 16.0 Å². The van der Waals surface area contributed by atoms with Gasteiger partial charge in [0.1, 0.15) is 0 Å². The van der Waals surface area contributed by atoms with Gasteiger partial charge in [-0.3, -0.25) is 0 Å². The molecule has 0 aliphatic carbocycles. The first-order valence-corrected chi connectivity index (χ1v) is 6.09. The fourth-order valence-corrected chi connectivity index (χ4v) is 2.61. The van der Waals surface area contributed by atoms with Crippen LogP contribution in [0.4, 0.5) is 0 Å². The Balaban J connectivity index is 1.83. The third kappa shape index (κ3) is 2.94. The van der Waals surface area contributed by atoms with Crippen molar-refractivity contribution in [2.75, 3.05) is 39.3 Å². The molecule has 3 N–H and O–H groups in total. The third-order valence-corrected chi connectivity index (χ3v) is 3.54. The molecule has 1 unspecified atom stereocenters. The van der Waals surface area contributed by atoms with Gasteiger partial charge in [-0.25, -0.2) is 0 Å². The van der Waals surface area contributed by atoms with E-state index in [1.54, 1.807) is 0 Å². The number of hydrogen-bond donors (Lipinski definition) is 3. The minimum Gasteiger partial charge on any atom is -0.316 e. The van der Waals surface area contributed by atoms with Crippen molar-refractivity contribution in [1.82, 2.24) is 16.0 Å². The predicted molar refractivity (Wildman–Crippen MR) is 59.4 cm³/mol. The zero-order chi connectivity index (χ0) is 9.64. The summed E-state index contributed by atoms with van der Waals surface area (Å²) in [5, 5.41) is 10.6. The molecule has 0 spiro atoms. The Morgan fingerprint density at radius 2 is 1.29 bits per heavy atom. The molecule has 0 radical (unpaired) electrons. The maximum atomic E-state index is 3.56. The first-order chi connectivity index (χ1) is 6.97. The molecule has 0 aromatic heterocycles. The molecule has 0 saturated carbocycles. The molecule has 1 atom stereocenters. The lowest BCUT2D eigenvalue weighted by Crippen LogP contribution is -2.35. The summed E-state index contributed by atoms with van der Waals surface area (Å²) in [5.41, 5.74) is 0. The van der Waals surface area contributed by atoms with Crippen LogP contribution < -0.4 is 16.0 Å². The minimum atomic E-state index is 0.836. The number of hydrogen-bond acceptors (Lipinski definition) is 3. The maximum Gasteiger partial charge on any atom is 0.00768 e. The van der Waals surface area contributed by atoms with Crippen LogP contribution in [0.5, 0.6) is 0 Å². The summed E-state index contributed by atoms with van der Waals surface area (Å²) in [5.74, 6) is 1.72. The van der Waals surface area contributed by atoms with Crippen LogP contribution in [0.25, 0.3) is 0 Å². The van der Waals surface area contributed by atoms with Crippen molar-refractivity contribution in [3.63, 3.8) is 0 Å². The van der Waals surface area contributed by atoms with Gasteiger partial charge in [0.2, 0.25) is 0 Å². The average molecular weight is 197 g/mol. The lowest BCUT2D eigenvalue weighted by atomic mass is 9.88. The Hall–Kier alpha value is -0.120. The zero-order valence-electron chi connectivity index (χ0n) is 9.02. The van der Waals surface area contributed by atoms with Crippen LogP contribution >= 0.6 is 0 Å². The summed E-state index contributed by atoms with van der Waals surface area (Å²) in [6, 6.07) is 0. The quantitative estimate of drug-likeness (QED) is 0.561. The van der Waals surface area contributed by atoms with E-state index in [4.69, 9.17) is 0 Å². The van der Waals surface area contributed by atoms with Crippen molar-refractivity contribution in [2.24, 2.45) is 11.8 Å². The lowest BCUT2D eigenvalue weighted by molar-refractivity contribution is 0.307.